The molecular formula is C22H21NO6. The molecule has 2 amide bonds. The second kappa shape index (κ2) is 8.26. The van der Waals surface area contributed by atoms with Crippen LogP contribution in [0, 0.1) is 5.92 Å². The number of carbonyl (C=O) groups is 4. The highest BCUT2D eigenvalue weighted by Gasteiger charge is 2.44. The van der Waals surface area contributed by atoms with E-state index in [-0.39, 0.29) is 23.7 Å². The number of benzene rings is 2. The van der Waals surface area contributed by atoms with Crippen molar-refractivity contribution in [2.24, 2.45) is 5.92 Å². The molecule has 1 atom stereocenters. The Morgan fingerprint density at radius 2 is 1.48 bits per heavy atom. The lowest BCUT2D eigenvalue weighted by Crippen LogP contribution is -2.48. The number of amides is 2. The van der Waals surface area contributed by atoms with Gasteiger partial charge >= 0.3 is 11.9 Å². The third kappa shape index (κ3) is 3.89. The van der Waals surface area contributed by atoms with Crippen LogP contribution in [0.15, 0.2) is 48.5 Å². The van der Waals surface area contributed by atoms with Crippen LogP contribution in [-0.4, -0.2) is 41.8 Å². The second-order valence-electron chi connectivity index (χ2n) is 7.01. The number of methoxy groups -OCH3 is 1. The Bertz CT molecular complexity index is 929. The van der Waals surface area contributed by atoms with E-state index in [1.165, 1.54) is 7.11 Å². The zero-order valence-corrected chi connectivity index (χ0v) is 16.4. The van der Waals surface area contributed by atoms with Crippen LogP contribution >= 0.6 is 0 Å². The fourth-order valence-corrected chi connectivity index (χ4v) is 3.23. The van der Waals surface area contributed by atoms with Crippen LogP contribution in [-0.2, 0) is 20.9 Å². The number of esters is 2. The molecule has 150 valence electrons. The monoisotopic (exact) mass is 395 g/mol. The molecule has 0 saturated heterocycles. The van der Waals surface area contributed by atoms with Gasteiger partial charge in [0, 0.05) is 0 Å². The fourth-order valence-electron chi connectivity index (χ4n) is 3.23. The number of rotatable bonds is 6. The Hall–Kier alpha value is -3.48. The molecule has 0 N–H and O–H groups in total. The molecule has 1 heterocycles. The number of imide groups is 1. The lowest BCUT2D eigenvalue weighted by atomic mass is 10.0. The van der Waals surface area contributed by atoms with Crippen molar-refractivity contribution in [3.05, 3.63) is 70.8 Å². The Balaban J connectivity index is 1.73. The first kappa shape index (κ1) is 20.3. The highest BCUT2D eigenvalue weighted by molar-refractivity contribution is 6.22. The van der Waals surface area contributed by atoms with E-state index in [1.54, 1.807) is 62.4 Å². The molecule has 0 bridgehead atoms. The molecule has 7 nitrogen and oxygen atoms in total. The van der Waals surface area contributed by atoms with E-state index < -0.39 is 29.8 Å². The quantitative estimate of drug-likeness (QED) is 0.552. The van der Waals surface area contributed by atoms with Crippen molar-refractivity contribution in [1.29, 1.82) is 0 Å². The molecular weight excluding hydrogens is 374 g/mol. The standard InChI is InChI=1S/C22H21NO6/c1-13(2)18(23-19(24)16-6-4-5-7-17(16)20(23)25)22(27)29-12-14-8-10-15(11-9-14)21(26)28-3/h4-11,13,18H,12H2,1-3H3/t18-/m1/s1. The summed E-state index contributed by atoms with van der Waals surface area (Å²) < 4.78 is 10.0. The first-order valence-electron chi connectivity index (χ1n) is 9.16. The van der Waals surface area contributed by atoms with Crippen molar-refractivity contribution in [2.75, 3.05) is 7.11 Å². The molecule has 0 saturated carbocycles. The van der Waals surface area contributed by atoms with Crippen molar-refractivity contribution >= 4 is 23.8 Å². The third-order valence-corrected chi connectivity index (χ3v) is 4.73. The first-order valence-corrected chi connectivity index (χ1v) is 9.16. The smallest absolute Gasteiger partial charge is 0.337 e. The SMILES string of the molecule is COC(=O)c1ccc(COC(=O)[C@@H](C(C)C)N2C(=O)c3ccccc3C2=O)cc1. The Labute approximate surface area is 168 Å². The highest BCUT2D eigenvalue weighted by Crippen LogP contribution is 2.27. The van der Waals surface area contributed by atoms with Crippen LogP contribution < -0.4 is 0 Å². The van der Waals surface area contributed by atoms with Crippen LogP contribution in [0.5, 0.6) is 0 Å². The Kier molecular flexibility index (Phi) is 5.77. The van der Waals surface area contributed by atoms with E-state index in [0.717, 1.165) is 4.90 Å². The van der Waals surface area contributed by atoms with E-state index in [0.29, 0.717) is 11.1 Å². The van der Waals surface area contributed by atoms with Crippen LogP contribution in [0.2, 0.25) is 0 Å². The molecule has 3 rings (SSSR count). The molecule has 0 unspecified atom stereocenters. The molecule has 0 radical (unpaired) electrons. The molecule has 29 heavy (non-hydrogen) atoms. The average Bonchev–Trinajstić information content (AvgIpc) is 2.97. The minimum Gasteiger partial charge on any atom is -0.465 e. The second-order valence-corrected chi connectivity index (χ2v) is 7.01. The van der Waals surface area contributed by atoms with Gasteiger partial charge in [-0.1, -0.05) is 38.1 Å². The summed E-state index contributed by atoms with van der Waals surface area (Å²) in [5.74, 6) is -2.44. The maximum Gasteiger partial charge on any atom is 0.337 e. The zero-order valence-electron chi connectivity index (χ0n) is 16.4. The van der Waals surface area contributed by atoms with Crippen LogP contribution in [0.4, 0.5) is 0 Å². The normalized spacial score (nSPS) is 14.0. The van der Waals surface area contributed by atoms with Crippen LogP contribution in [0.25, 0.3) is 0 Å². The van der Waals surface area contributed by atoms with E-state index in [4.69, 9.17) is 4.74 Å². The maximum absolute atomic E-state index is 12.8. The lowest BCUT2D eigenvalue weighted by Gasteiger charge is -2.27. The summed E-state index contributed by atoms with van der Waals surface area (Å²) in [7, 11) is 1.29. The molecule has 2 aromatic rings. The number of fused-ring (bicyclic) bond motifs is 1. The van der Waals surface area contributed by atoms with E-state index in [1.807, 2.05) is 0 Å². The number of hydrogen-bond donors (Lipinski definition) is 0. The minimum absolute atomic E-state index is 0.0489. The van der Waals surface area contributed by atoms with E-state index in [9.17, 15) is 19.2 Å². The zero-order chi connectivity index (χ0) is 21.1. The van der Waals surface area contributed by atoms with E-state index in [2.05, 4.69) is 4.74 Å². The van der Waals surface area contributed by atoms with Gasteiger partial charge in [-0.25, -0.2) is 9.59 Å². The summed E-state index contributed by atoms with van der Waals surface area (Å²) in [5, 5.41) is 0. The fraction of sp³-hybridized carbons (Fsp3) is 0.273. The number of ether oxygens (including phenoxy) is 2. The van der Waals surface area contributed by atoms with Crippen molar-refractivity contribution in [1.82, 2.24) is 4.90 Å². The highest BCUT2D eigenvalue weighted by atomic mass is 16.5. The van der Waals surface area contributed by atoms with Crippen LogP contribution in [0.1, 0.15) is 50.5 Å². The third-order valence-electron chi connectivity index (χ3n) is 4.73. The summed E-state index contributed by atoms with van der Waals surface area (Å²) in [4.78, 5) is 50.7. The first-order chi connectivity index (χ1) is 13.8. The van der Waals surface area contributed by atoms with Gasteiger partial charge in [0.05, 0.1) is 23.8 Å². The maximum atomic E-state index is 12.8. The summed E-state index contributed by atoms with van der Waals surface area (Å²) in [6.07, 6.45) is 0. The molecule has 0 fully saturated rings. The van der Waals surface area contributed by atoms with Gasteiger partial charge in [-0.3, -0.25) is 14.5 Å². The Morgan fingerprint density at radius 3 is 1.97 bits per heavy atom. The van der Waals surface area contributed by atoms with Gasteiger partial charge in [-0.05, 0) is 35.7 Å². The molecule has 7 heteroatoms. The predicted molar refractivity (Wildman–Crippen MR) is 103 cm³/mol. The van der Waals surface area contributed by atoms with Crippen LogP contribution in [0.3, 0.4) is 0 Å². The average molecular weight is 395 g/mol. The van der Waals surface area contributed by atoms with Crippen molar-refractivity contribution in [3.8, 4) is 0 Å². The van der Waals surface area contributed by atoms with Crippen molar-refractivity contribution in [3.63, 3.8) is 0 Å². The molecule has 2 aromatic carbocycles. The molecule has 1 aliphatic heterocycles. The topological polar surface area (TPSA) is 90.0 Å². The lowest BCUT2D eigenvalue weighted by molar-refractivity contribution is -0.151. The van der Waals surface area contributed by atoms with Gasteiger partial charge in [-0.2, -0.15) is 0 Å². The summed E-state index contributed by atoms with van der Waals surface area (Å²) in [6.45, 7) is 3.45. The van der Waals surface area contributed by atoms with Gasteiger partial charge in [0.1, 0.15) is 12.6 Å². The molecule has 1 aliphatic rings. The molecule has 0 spiro atoms. The number of nitrogens with zero attached hydrogens (tertiary/aromatic N) is 1. The predicted octanol–water partition coefficient (Wildman–Crippen LogP) is 2.84. The summed E-state index contributed by atoms with van der Waals surface area (Å²) >= 11 is 0. The van der Waals surface area contributed by atoms with Crippen molar-refractivity contribution in [2.45, 2.75) is 26.5 Å². The van der Waals surface area contributed by atoms with Gasteiger partial charge in [0.25, 0.3) is 11.8 Å². The summed E-state index contributed by atoms with van der Waals surface area (Å²) in [6, 6.07) is 11.9. The molecule has 0 aliphatic carbocycles. The number of carbonyl (C=O) groups excluding carboxylic acids is 4. The van der Waals surface area contributed by atoms with Crippen molar-refractivity contribution < 1.29 is 28.7 Å². The van der Waals surface area contributed by atoms with Gasteiger partial charge < -0.3 is 9.47 Å². The molecule has 0 aromatic heterocycles. The Morgan fingerprint density at radius 1 is 0.931 bits per heavy atom. The minimum atomic E-state index is -1.03. The largest absolute Gasteiger partial charge is 0.465 e. The van der Waals surface area contributed by atoms with Gasteiger partial charge in [0.2, 0.25) is 0 Å². The van der Waals surface area contributed by atoms with Gasteiger partial charge in [-0.15, -0.1) is 0 Å². The van der Waals surface area contributed by atoms with E-state index >= 15 is 0 Å². The number of hydrogen-bond acceptors (Lipinski definition) is 6. The van der Waals surface area contributed by atoms with Gasteiger partial charge in [0.15, 0.2) is 0 Å². The summed E-state index contributed by atoms with van der Waals surface area (Å²) in [5.41, 5.74) is 1.62.